The van der Waals surface area contributed by atoms with Crippen molar-refractivity contribution in [2.24, 2.45) is 0 Å². The number of carbonyl (C=O) groups excluding carboxylic acids is 1. The van der Waals surface area contributed by atoms with Crippen LogP contribution in [0.1, 0.15) is 5.56 Å². The second-order valence-corrected chi connectivity index (χ2v) is 3.11. The third-order valence-electron chi connectivity index (χ3n) is 2.13. The fourth-order valence-electron chi connectivity index (χ4n) is 1.36. The Bertz CT molecular complexity index is 337. The van der Waals surface area contributed by atoms with Crippen LogP contribution in [-0.4, -0.2) is 29.4 Å². The molecule has 1 aromatic heterocycles. The summed E-state index contributed by atoms with van der Waals surface area (Å²) in [4.78, 5) is 17.2. The zero-order chi connectivity index (χ0) is 9.26. The SMILES string of the molecule is CN1Cc2cccnc2NCC1=O. The Morgan fingerprint density at radius 1 is 1.62 bits per heavy atom. The Morgan fingerprint density at radius 3 is 3.31 bits per heavy atom. The van der Waals surface area contributed by atoms with E-state index in [0.717, 1.165) is 11.4 Å². The second-order valence-electron chi connectivity index (χ2n) is 3.11. The molecule has 1 aliphatic rings. The molecule has 1 amide bonds. The van der Waals surface area contributed by atoms with Gasteiger partial charge in [-0.05, 0) is 6.07 Å². The van der Waals surface area contributed by atoms with Crippen LogP contribution in [-0.2, 0) is 11.3 Å². The number of rotatable bonds is 0. The number of fused-ring (bicyclic) bond motifs is 1. The Hall–Kier alpha value is -1.58. The molecule has 1 aliphatic heterocycles. The van der Waals surface area contributed by atoms with Crippen LogP contribution in [0.25, 0.3) is 0 Å². The number of amides is 1. The number of likely N-dealkylation sites (N-methyl/N-ethyl adjacent to an activating group) is 1. The normalized spacial score (nSPS) is 16.1. The van der Waals surface area contributed by atoms with Crippen molar-refractivity contribution in [1.82, 2.24) is 9.88 Å². The monoisotopic (exact) mass is 177 g/mol. The Morgan fingerprint density at radius 2 is 2.46 bits per heavy atom. The molecule has 68 valence electrons. The first-order valence-corrected chi connectivity index (χ1v) is 4.19. The van der Waals surface area contributed by atoms with E-state index in [9.17, 15) is 4.79 Å². The lowest BCUT2D eigenvalue weighted by atomic mass is 10.2. The Labute approximate surface area is 76.6 Å². The van der Waals surface area contributed by atoms with Crippen LogP contribution in [0.3, 0.4) is 0 Å². The molecular weight excluding hydrogens is 166 g/mol. The minimum absolute atomic E-state index is 0.0954. The Balaban J connectivity index is 2.35. The van der Waals surface area contributed by atoms with Crippen LogP contribution in [0.2, 0.25) is 0 Å². The Kier molecular flexibility index (Phi) is 1.88. The van der Waals surface area contributed by atoms with Gasteiger partial charge in [-0.3, -0.25) is 4.79 Å². The zero-order valence-electron chi connectivity index (χ0n) is 7.45. The molecule has 0 spiro atoms. The molecule has 2 rings (SSSR count). The van der Waals surface area contributed by atoms with Gasteiger partial charge in [-0.2, -0.15) is 0 Å². The van der Waals surface area contributed by atoms with E-state index in [2.05, 4.69) is 10.3 Å². The van der Waals surface area contributed by atoms with Crippen molar-refractivity contribution in [3.8, 4) is 0 Å². The van der Waals surface area contributed by atoms with E-state index in [-0.39, 0.29) is 5.91 Å². The maximum absolute atomic E-state index is 11.3. The van der Waals surface area contributed by atoms with Gasteiger partial charge in [0.25, 0.3) is 0 Å². The number of aromatic nitrogens is 1. The molecule has 0 fully saturated rings. The number of pyridine rings is 1. The fourth-order valence-corrected chi connectivity index (χ4v) is 1.36. The fraction of sp³-hybridized carbons (Fsp3) is 0.333. The van der Waals surface area contributed by atoms with Crippen LogP contribution in [0, 0.1) is 0 Å². The molecule has 4 heteroatoms. The van der Waals surface area contributed by atoms with Crippen LogP contribution in [0.15, 0.2) is 18.3 Å². The van der Waals surface area contributed by atoms with Crippen molar-refractivity contribution in [2.45, 2.75) is 6.54 Å². The van der Waals surface area contributed by atoms with Crippen molar-refractivity contribution >= 4 is 11.7 Å². The number of carbonyl (C=O) groups is 1. The van der Waals surface area contributed by atoms with E-state index in [1.165, 1.54) is 0 Å². The first-order chi connectivity index (χ1) is 6.27. The van der Waals surface area contributed by atoms with Crippen molar-refractivity contribution in [1.29, 1.82) is 0 Å². The lowest BCUT2D eigenvalue weighted by Gasteiger charge is -2.12. The largest absolute Gasteiger partial charge is 0.361 e. The van der Waals surface area contributed by atoms with Crippen LogP contribution in [0.5, 0.6) is 0 Å². The van der Waals surface area contributed by atoms with Gasteiger partial charge in [0.05, 0.1) is 6.54 Å². The third kappa shape index (κ3) is 1.47. The predicted molar refractivity (Wildman–Crippen MR) is 49.2 cm³/mol. The number of anilines is 1. The average molecular weight is 177 g/mol. The summed E-state index contributed by atoms with van der Waals surface area (Å²) in [6.45, 7) is 0.968. The number of nitrogens with one attached hydrogen (secondary N) is 1. The molecule has 4 nitrogen and oxygen atoms in total. The molecule has 1 N–H and O–H groups in total. The summed E-state index contributed by atoms with van der Waals surface area (Å²) in [5.41, 5.74) is 1.07. The molecule has 0 aromatic carbocycles. The van der Waals surface area contributed by atoms with Crippen molar-refractivity contribution in [3.05, 3.63) is 23.9 Å². The van der Waals surface area contributed by atoms with Gasteiger partial charge in [-0.1, -0.05) is 6.07 Å². The predicted octanol–water partition coefficient (Wildman–Crippen LogP) is 0.465. The van der Waals surface area contributed by atoms with Gasteiger partial charge in [0.15, 0.2) is 0 Å². The van der Waals surface area contributed by atoms with Gasteiger partial charge in [-0.15, -0.1) is 0 Å². The number of hydrogen-bond donors (Lipinski definition) is 1. The van der Waals surface area contributed by atoms with Gasteiger partial charge >= 0.3 is 0 Å². The molecule has 0 atom stereocenters. The molecule has 1 aromatic rings. The lowest BCUT2D eigenvalue weighted by molar-refractivity contribution is -0.128. The molecule has 0 saturated heterocycles. The summed E-state index contributed by atoms with van der Waals surface area (Å²) in [5.74, 6) is 0.915. The molecule has 0 radical (unpaired) electrons. The first-order valence-electron chi connectivity index (χ1n) is 4.19. The van der Waals surface area contributed by atoms with E-state index >= 15 is 0 Å². The van der Waals surface area contributed by atoms with Gasteiger partial charge < -0.3 is 10.2 Å². The zero-order valence-corrected chi connectivity index (χ0v) is 7.45. The van der Waals surface area contributed by atoms with Crippen LogP contribution < -0.4 is 5.32 Å². The standard InChI is InChI=1S/C9H11N3O/c1-12-6-7-3-2-4-10-9(7)11-5-8(12)13/h2-4H,5-6H2,1H3,(H,10,11). The first kappa shape index (κ1) is 8.04. The van der Waals surface area contributed by atoms with Crippen molar-refractivity contribution < 1.29 is 4.79 Å². The molecule has 13 heavy (non-hydrogen) atoms. The molecule has 0 bridgehead atoms. The number of hydrogen-bond acceptors (Lipinski definition) is 3. The van der Waals surface area contributed by atoms with Crippen LogP contribution in [0.4, 0.5) is 5.82 Å². The number of nitrogens with zero attached hydrogens (tertiary/aromatic N) is 2. The average Bonchev–Trinajstić information content (AvgIpc) is 2.28. The minimum Gasteiger partial charge on any atom is -0.361 e. The maximum atomic E-state index is 11.3. The smallest absolute Gasteiger partial charge is 0.241 e. The summed E-state index contributed by atoms with van der Waals surface area (Å²) >= 11 is 0. The molecule has 2 heterocycles. The highest BCUT2D eigenvalue weighted by molar-refractivity contribution is 5.81. The summed E-state index contributed by atoms with van der Waals surface area (Å²) in [6, 6.07) is 3.86. The highest BCUT2D eigenvalue weighted by Crippen LogP contribution is 2.15. The van der Waals surface area contributed by atoms with E-state index in [1.54, 1.807) is 18.1 Å². The highest BCUT2D eigenvalue weighted by atomic mass is 16.2. The van der Waals surface area contributed by atoms with E-state index in [0.29, 0.717) is 13.1 Å². The summed E-state index contributed by atoms with van der Waals surface area (Å²) in [6.07, 6.45) is 1.72. The second kappa shape index (κ2) is 3.05. The summed E-state index contributed by atoms with van der Waals surface area (Å²) in [7, 11) is 1.80. The molecule has 0 saturated carbocycles. The van der Waals surface area contributed by atoms with Gasteiger partial charge in [0.2, 0.25) is 5.91 Å². The highest BCUT2D eigenvalue weighted by Gasteiger charge is 2.16. The lowest BCUT2D eigenvalue weighted by Crippen LogP contribution is -2.28. The molecular formula is C9H11N3O. The minimum atomic E-state index is 0.0954. The van der Waals surface area contributed by atoms with Gasteiger partial charge in [0.1, 0.15) is 5.82 Å². The van der Waals surface area contributed by atoms with E-state index < -0.39 is 0 Å². The summed E-state index contributed by atoms with van der Waals surface area (Å²) in [5, 5.41) is 3.00. The van der Waals surface area contributed by atoms with Crippen molar-refractivity contribution in [3.63, 3.8) is 0 Å². The molecule has 0 aliphatic carbocycles. The van der Waals surface area contributed by atoms with Crippen molar-refractivity contribution in [2.75, 3.05) is 18.9 Å². The van der Waals surface area contributed by atoms with E-state index in [1.807, 2.05) is 12.1 Å². The van der Waals surface area contributed by atoms with Gasteiger partial charge in [0, 0.05) is 25.4 Å². The topological polar surface area (TPSA) is 45.2 Å². The quantitative estimate of drug-likeness (QED) is 0.626. The third-order valence-corrected chi connectivity index (χ3v) is 2.13. The van der Waals surface area contributed by atoms with Crippen LogP contribution >= 0.6 is 0 Å². The summed E-state index contributed by atoms with van der Waals surface area (Å²) < 4.78 is 0. The van der Waals surface area contributed by atoms with Gasteiger partial charge in [-0.25, -0.2) is 4.98 Å². The molecule has 0 unspecified atom stereocenters. The maximum Gasteiger partial charge on any atom is 0.241 e. The van der Waals surface area contributed by atoms with E-state index in [4.69, 9.17) is 0 Å².